The van der Waals surface area contributed by atoms with Crippen molar-refractivity contribution in [2.45, 2.75) is 25.9 Å². The van der Waals surface area contributed by atoms with Gasteiger partial charge in [0.2, 0.25) is 5.91 Å². The van der Waals surface area contributed by atoms with Gasteiger partial charge in [-0.05, 0) is 55.3 Å². The van der Waals surface area contributed by atoms with Crippen LogP contribution in [0.1, 0.15) is 11.1 Å². The van der Waals surface area contributed by atoms with Crippen LogP contribution in [0.5, 0.6) is 0 Å². The second kappa shape index (κ2) is 7.60. The molecule has 1 fully saturated rings. The molecule has 2 aromatic rings. The van der Waals surface area contributed by atoms with Crippen molar-refractivity contribution in [3.8, 4) is 0 Å². The molecule has 2 aliphatic heterocycles. The van der Waals surface area contributed by atoms with E-state index in [1.807, 2.05) is 19.9 Å². The molecule has 2 atom stereocenters. The van der Waals surface area contributed by atoms with E-state index in [1.165, 1.54) is 17.1 Å². The van der Waals surface area contributed by atoms with Gasteiger partial charge in [0.25, 0.3) is 11.8 Å². The number of hydrogen-bond acceptors (Lipinski definition) is 6. The van der Waals surface area contributed by atoms with Gasteiger partial charge in [0.05, 0.1) is 11.4 Å². The summed E-state index contributed by atoms with van der Waals surface area (Å²) in [4.78, 5) is 39.3. The number of nitrogens with zero attached hydrogens (tertiary/aromatic N) is 4. The third-order valence-electron chi connectivity index (χ3n) is 4.83. The number of fused-ring (bicyclic) bond motifs is 1. The lowest BCUT2D eigenvalue weighted by Gasteiger charge is -2.20. The average molecular weight is 474 g/mol. The van der Waals surface area contributed by atoms with Crippen LogP contribution in [0.4, 0.5) is 15.8 Å². The zero-order chi connectivity index (χ0) is 21.6. The summed E-state index contributed by atoms with van der Waals surface area (Å²) in [5.74, 6) is -2.17. The summed E-state index contributed by atoms with van der Waals surface area (Å²) in [6, 6.07) is 7.65. The Bertz CT molecular complexity index is 1090. The Balaban J connectivity index is 1.51. The highest BCUT2D eigenvalue weighted by Crippen LogP contribution is 2.32. The van der Waals surface area contributed by atoms with Gasteiger partial charge in [-0.2, -0.15) is 5.11 Å². The van der Waals surface area contributed by atoms with Crippen molar-refractivity contribution < 1.29 is 18.8 Å². The van der Waals surface area contributed by atoms with Crippen molar-refractivity contribution in [3.05, 3.63) is 57.8 Å². The Kier molecular flexibility index (Phi) is 5.10. The monoisotopic (exact) mass is 473 g/mol. The fourth-order valence-electron chi connectivity index (χ4n) is 3.62. The van der Waals surface area contributed by atoms with Gasteiger partial charge in [-0.25, -0.2) is 9.29 Å². The number of carbonyl (C=O) groups excluding carboxylic acids is 3. The lowest BCUT2D eigenvalue weighted by atomic mass is 10.1. The van der Waals surface area contributed by atoms with Crippen LogP contribution in [0.25, 0.3) is 0 Å². The highest BCUT2D eigenvalue weighted by molar-refractivity contribution is 9.10. The Morgan fingerprint density at radius 1 is 1.13 bits per heavy atom. The van der Waals surface area contributed by atoms with Gasteiger partial charge in [0, 0.05) is 4.47 Å². The minimum Gasteiger partial charge on any atom is -0.322 e. The Labute approximate surface area is 179 Å². The number of hydrogen-bond donors (Lipinski definition) is 1. The Hall–Kier alpha value is -3.14. The van der Waals surface area contributed by atoms with Crippen molar-refractivity contribution in [2.75, 3.05) is 16.8 Å². The van der Waals surface area contributed by atoms with Crippen molar-refractivity contribution >= 4 is 45.0 Å². The third-order valence-corrected chi connectivity index (χ3v) is 5.33. The molecule has 2 aliphatic rings. The van der Waals surface area contributed by atoms with E-state index in [2.05, 4.69) is 31.6 Å². The molecule has 0 unspecified atom stereocenters. The van der Waals surface area contributed by atoms with Gasteiger partial charge in [0.1, 0.15) is 12.4 Å². The fourth-order valence-corrected chi connectivity index (χ4v) is 3.95. The average Bonchev–Trinajstić information content (AvgIpc) is 3.17. The van der Waals surface area contributed by atoms with Crippen LogP contribution in [-0.2, 0) is 14.4 Å². The number of nitrogens with one attached hydrogen (secondary N) is 1. The van der Waals surface area contributed by atoms with Crippen molar-refractivity contribution in [1.82, 2.24) is 5.01 Å². The molecule has 3 amide bonds. The maximum Gasteiger partial charge on any atom is 0.263 e. The van der Waals surface area contributed by atoms with Crippen LogP contribution in [0.3, 0.4) is 0 Å². The second-order valence-electron chi connectivity index (χ2n) is 7.22. The molecule has 0 radical (unpaired) electrons. The van der Waals surface area contributed by atoms with Crippen molar-refractivity contribution in [1.29, 1.82) is 0 Å². The van der Waals surface area contributed by atoms with E-state index < -0.39 is 35.6 Å². The molecule has 0 bridgehead atoms. The first-order chi connectivity index (χ1) is 14.2. The smallest absolute Gasteiger partial charge is 0.263 e. The second-order valence-corrected chi connectivity index (χ2v) is 8.14. The minimum atomic E-state index is -1.00. The Morgan fingerprint density at radius 2 is 1.83 bits per heavy atom. The summed E-state index contributed by atoms with van der Waals surface area (Å²) < 4.78 is 14.5. The molecule has 30 heavy (non-hydrogen) atoms. The fraction of sp³-hybridized carbons (Fsp3) is 0.250. The van der Waals surface area contributed by atoms with Crippen LogP contribution in [0, 0.1) is 19.7 Å². The van der Waals surface area contributed by atoms with E-state index in [9.17, 15) is 18.8 Å². The van der Waals surface area contributed by atoms with E-state index in [-0.39, 0.29) is 12.2 Å². The first-order valence-corrected chi connectivity index (χ1v) is 9.92. The van der Waals surface area contributed by atoms with E-state index in [4.69, 9.17) is 0 Å². The van der Waals surface area contributed by atoms with Gasteiger partial charge < -0.3 is 5.32 Å². The number of halogens is 2. The number of rotatable bonds is 4. The van der Waals surface area contributed by atoms with E-state index in [1.54, 1.807) is 18.2 Å². The molecular weight excluding hydrogens is 457 g/mol. The summed E-state index contributed by atoms with van der Waals surface area (Å²) >= 11 is 3.15. The SMILES string of the molecule is Cc1cc(C)cc(N2C(=O)[C@H]3N=NN(CC(=O)Nc4ccc(Br)cc4F)[C@H]3C2=O)c1. The number of carbonyl (C=O) groups is 3. The van der Waals surface area contributed by atoms with Gasteiger partial charge in [-0.1, -0.05) is 27.2 Å². The van der Waals surface area contributed by atoms with Crippen molar-refractivity contribution in [3.63, 3.8) is 0 Å². The van der Waals surface area contributed by atoms with E-state index >= 15 is 0 Å². The van der Waals surface area contributed by atoms with E-state index in [0.29, 0.717) is 10.2 Å². The molecule has 0 aromatic heterocycles. The number of amides is 3. The molecule has 0 spiro atoms. The third kappa shape index (κ3) is 3.58. The lowest BCUT2D eigenvalue weighted by Crippen LogP contribution is -2.43. The molecular formula is C20H17BrFN5O3. The standard InChI is InChI=1S/C20H17BrFN5O3/c1-10-5-11(2)7-13(6-10)27-19(29)17-18(20(27)30)26(25-24-17)9-16(28)23-15-4-3-12(21)8-14(15)22/h3-8,17-18H,9H2,1-2H3,(H,23,28)/t17-,18+/m0/s1. The molecule has 0 saturated carbocycles. The number of anilines is 2. The molecule has 2 heterocycles. The molecule has 154 valence electrons. The topological polar surface area (TPSA) is 94.4 Å². The normalized spacial score (nSPS) is 20.1. The maximum absolute atomic E-state index is 14.0. The van der Waals surface area contributed by atoms with Crippen molar-refractivity contribution in [2.24, 2.45) is 10.3 Å². The summed E-state index contributed by atoms with van der Waals surface area (Å²) in [5.41, 5.74) is 2.30. The number of aryl methyl sites for hydroxylation is 2. The predicted molar refractivity (Wildman–Crippen MR) is 110 cm³/mol. The zero-order valence-electron chi connectivity index (χ0n) is 16.1. The quantitative estimate of drug-likeness (QED) is 0.690. The van der Waals surface area contributed by atoms with E-state index in [0.717, 1.165) is 16.0 Å². The first kappa shape index (κ1) is 20.1. The molecule has 1 saturated heterocycles. The van der Waals surface area contributed by atoms with Crippen LogP contribution < -0.4 is 10.2 Å². The molecule has 2 aromatic carbocycles. The lowest BCUT2D eigenvalue weighted by molar-refractivity contribution is -0.123. The van der Waals surface area contributed by atoms with Gasteiger partial charge in [-0.15, -0.1) is 0 Å². The summed E-state index contributed by atoms with van der Waals surface area (Å²) in [7, 11) is 0. The molecule has 4 rings (SSSR count). The minimum absolute atomic E-state index is 0.00146. The molecule has 1 N–H and O–H groups in total. The maximum atomic E-state index is 14.0. The zero-order valence-corrected chi connectivity index (χ0v) is 17.7. The Morgan fingerprint density at radius 3 is 2.50 bits per heavy atom. The summed E-state index contributed by atoms with van der Waals surface area (Å²) in [6.45, 7) is 3.40. The van der Waals surface area contributed by atoms with Gasteiger partial charge >= 0.3 is 0 Å². The van der Waals surface area contributed by atoms with Crippen LogP contribution in [0.2, 0.25) is 0 Å². The largest absolute Gasteiger partial charge is 0.322 e. The van der Waals surface area contributed by atoms with Gasteiger partial charge in [0.15, 0.2) is 12.1 Å². The van der Waals surface area contributed by atoms with Crippen LogP contribution in [0.15, 0.2) is 51.2 Å². The summed E-state index contributed by atoms with van der Waals surface area (Å²) in [5, 5.41) is 11.3. The predicted octanol–water partition coefficient (Wildman–Crippen LogP) is 3.14. The summed E-state index contributed by atoms with van der Waals surface area (Å²) in [6.07, 6.45) is 0. The van der Waals surface area contributed by atoms with Crippen LogP contribution >= 0.6 is 15.9 Å². The molecule has 10 heteroatoms. The highest BCUT2D eigenvalue weighted by Gasteiger charge is 2.55. The molecule has 8 nitrogen and oxygen atoms in total. The first-order valence-electron chi connectivity index (χ1n) is 9.13. The molecule has 0 aliphatic carbocycles. The number of benzene rings is 2. The van der Waals surface area contributed by atoms with Crippen LogP contribution in [-0.4, -0.2) is 41.4 Å². The highest BCUT2D eigenvalue weighted by atomic mass is 79.9. The van der Waals surface area contributed by atoms with Gasteiger partial charge in [-0.3, -0.25) is 19.4 Å². The number of imide groups is 1.